The highest BCUT2D eigenvalue weighted by Gasteiger charge is 2.07. The normalized spacial score (nSPS) is 12.3. The van der Waals surface area contributed by atoms with Crippen molar-refractivity contribution in [3.05, 3.63) is 0 Å². The molecule has 0 radical (unpaired) electrons. The predicted molar refractivity (Wildman–Crippen MR) is 101 cm³/mol. The van der Waals surface area contributed by atoms with E-state index in [2.05, 4.69) is 13.8 Å². The molecule has 0 heterocycles. The molecular weight excluding hydrogens is 284 g/mol. The van der Waals surface area contributed by atoms with Crippen LogP contribution >= 0.6 is 0 Å². The summed E-state index contributed by atoms with van der Waals surface area (Å²) in [5, 5.41) is 0. The number of hydrogen-bond donors (Lipinski definition) is 0. The van der Waals surface area contributed by atoms with Gasteiger partial charge in [0.15, 0.2) is 0 Å². The minimum atomic E-state index is -0.00553. The number of esters is 1. The Labute approximate surface area is 145 Å². The molecule has 0 rings (SSSR count). The van der Waals surface area contributed by atoms with Crippen LogP contribution < -0.4 is 0 Å². The van der Waals surface area contributed by atoms with Crippen molar-refractivity contribution in [3.63, 3.8) is 0 Å². The second-order valence-electron chi connectivity index (χ2n) is 7.08. The quantitative estimate of drug-likeness (QED) is 0.209. The summed E-state index contributed by atoms with van der Waals surface area (Å²) in [5.41, 5.74) is 0. The van der Waals surface area contributed by atoms with Crippen LogP contribution in [0, 0.1) is 0 Å². The molecule has 23 heavy (non-hydrogen) atoms. The van der Waals surface area contributed by atoms with E-state index in [1.807, 2.05) is 6.92 Å². The minimum absolute atomic E-state index is 0.00553. The molecule has 0 spiro atoms. The standard InChI is InChI=1S/C21H42O2/c1-4-6-7-8-9-10-11-12-13-14-15-16-17-19-21(22)23-20(3)18-5-2/h20H,4-19H2,1-3H3. The number of hydrogen-bond acceptors (Lipinski definition) is 2. The lowest BCUT2D eigenvalue weighted by molar-refractivity contribution is -0.148. The topological polar surface area (TPSA) is 26.3 Å². The van der Waals surface area contributed by atoms with E-state index in [0.717, 1.165) is 19.3 Å². The molecule has 0 aliphatic rings. The Balaban J connectivity index is 3.17. The van der Waals surface area contributed by atoms with E-state index >= 15 is 0 Å². The first-order chi connectivity index (χ1) is 11.2. The first-order valence-corrected chi connectivity index (χ1v) is 10.4. The number of carbonyl (C=O) groups is 1. The monoisotopic (exact) mass is 326 g/mol. The van der Waals surface area contributed by atoms with Gasteiger partial charge in [-0.3, -0.25) is 4.79 Å². The third-order valence-electron chi connectivity index (χ3n) is 4.51. The van der Waals surface area contributed by atoms with Crippen LogP contribution in [0.25, 0.3) is 0 Å². The third kappa shape index (κ3) is 17.7. The molecule has 0 aromatic rings. The smallest absolute Gasteiger partial charge is 0.306 e. The van der Waals surface area contributed by atoms with Crippen molar-refractivity contribution < 1.29 is 9.53 Å². The summed E-state index contributed by atoms with van der Waals surface area (Å²) in [6, 6.07) is 0. The molecule has 0 aromatic heterocycles. The Morgan fingerprint density at radius 3 is 1.57 bits per heavy atom. The number of ether oxygens (including phenoxy) is 1. The second-order valence-corrected chi connectivity index (χ2v) is 7.08. The van der Waals surface area contributed by atoms with E-state index in [1.54, 1.807) is 0 Å². The maximum absolute atomic E-state index is 11.6. The molecule has 0 fully saturated rings. The number of rotatable bonds is 17. The van der Waals surface area contributed by atoms with E-state index in [1.165, 1.54) is 77.0 Å². The van der Waals surface area contributed by atoms with Gasteiger partial charge in [-0.15, -0.1) is 0 Å². The van der Waals surface area contributed by atoms with Gasteiger partial charge in [0.1, 0.15) is 0 Å². The van der Waals surface area contributed by atoms with Crippen LogP contribution in [-0.2, 0) is 9.53 Å². The van der Waals surface area contributed by atoms with E-state index in [-0.39, 0.29) is 12.1 Å². The molecule has 0 N–H and O–H groups in total. The fourth-order valence-corrected chi connectivity index (χ4v) is 3.04. The van der Waals surface area contributed by atoms with Gasteiger partial charge in [-0.05, 0) is 19.8 Å². The third-order valence-corrected chi connectivity index (χ3v) is 4.51. The van der Waals surface area contributed by atoms with Gasteiger partial charge < -0.3 is 4.74 Å². The summed E-state index contributed by atoms with van der Waals surface area (Å²) in [7, 11) is 0. The maximum Gasteiger partial charge on any atom is 0.306 e. The summed E-state index contributed by atoms with van der Waals surface area (Å²) >= 11 is 0. The van der Waals surface area contributed by atoms with Gasteiger partial charge in [0.05, 0.1) is 6.10 Å². The molecular formula is C21H42O2. The zero-order valence-corrected chi connectivity index (χ0v) is 16.2. The van der Waals surface area contributed by atoms with E-state index < -0.39 is 0 Å². The molecule has 0 saturated carbocycles. The van der Waals surface area contributed by atoms with Gasteiger partial charge in [0.25, 0.3) is 0 Å². The van der Waals surface area contributed by atoms with Crippen molar-refractivity contribution >= 4 is 5.97 Å². The van der Waals surface area contributed by atoms with Crippen molar-refractivity contribution in [1.82, 2.24) is 0 Å². The lowest BCUT2D eigenvalue weighted by Gasteiger charge is -2.11. The van der Waals surface area contributed by atoms with Crippen LogP contribution in [0.3, 0.4) is 0 Å². The molecule has 2 nitrogen and oxygen atoms in total. The molecule has 0 saturated heterocycles. The molecule has 138 valence electrons. The van der Waals surface area contributed by atoms with Crippen LogP contribution in [0.1, 0.15) is 124 Å². The van der Waals surface area contributed by atoms with Crippen molar-refractivity contribution in [3.8, 4) is 0 Å². The SMILES string of the molecule is CCCCCCCCCCCCCCCC(=O)OC(C)CCC. The van der Waals surface area contributed by atoms with E-state index in [0.29, 0.717) is 6.42 Å². The lowest BCUT2D eigenvalue weighted by Crippen LogP contribution is -2.14. The van der Waals surface area contributed by atoms with Crippen LogP contribution in [-0.4, -0.2) is 12.1 Å². The molecule has 2 heteroatoms. The van der Waals surface area contributed by atoms with Crippen LogP contribution in [0.2, 0.25) is 0 Å². The molecule has 0 bridgehead atoms. The number of carbonyl (C=O) groups excluding carboxylic acids is 1. The molecule has 1 atom stereocenters. The first-order valence-electron chi connectivity index (χ1n) is 10.4. The largest absolute Gasteiger partial charge is 0.463 e. The zero-order valence-electron chi connectivity index (χ0n) is 16.2. The lowest BCUT2D eigenvalue weighted by atomic mass is 10.0. The predicted octanol–water partition coefficient (Wildman–Crippen LogP) is 7.20. The summed E-state index contributed by atoms with van der Waals surface area (Å²) in [4.78, 5) is 11.6. The van der Waals surface area contributed by atoms with Gasteiger partial charge >= 0.3 is 5.97 Å². The van der Waals surface area contributed by atoms with Crippen LogP contribution in [0.5, 0.6) is 0 Å². The zero-order chi connectivity index (χ0) is 17.2. The molecule has 1 unspecified atom stereocenters. The molecule has 0 aliphatic carbocycles. The average Bonchev–Trinajstić information content (AvgIpc) is 2.52. The van der Waals surface area contributed by atoms with Gasteiger partial charge in [-0.1, -0.05) is 97.3 Å². The first kappa shape index (κ1) is 22.5. The second kappa shape index (κ2) is 17.8. The summed E-state index contributed by atoms with van der Waals surface area (Å²) in [5.74, 6) is -0.00553. The Hall–Kier alpha value is -0.530. The molecule has 0 aliphatic heterocycles. The van der Waals surface area contributed by atoms with Gasteiger partial charge in [0, 0.05) is 6.42 Å². The van der Waals surface area contributed by atoms with Crippen LogP contribution in [0.4, 0.5) is 0 Å². The fraction of sp³-hybridized carbons (Fsp3) is 0.952. The number of unbranched alkanes of at least 4 members (excludes halogenated alkanes) is 12. The minimum Gasteiger partial charge on any atom is -0.463 e. The van der Waals surface area contributed by atoms with E-state index in [4.69, 9.17) is 4.74 Å². The van der Waals surface area contributed by atoms with Crippen molar-refractivity contribution in [2.75, 3.05) is 0 Å². The van der Waals surface area contributed by atoms with Gasteiger partial charge in [-0.2, -0.15) is 0 Å². The molecule has 0 aromatic carbocycles. The Kier molecular flexibility index (Phi) is 17.4. The summed E-state index contributed by atoms with van der Waals surface area (Å²) < 4.78 is 5.36. The van der Waals surface area contributed by atoms with Gasteiger partial charge in [0.2, 0.25) is 0 Å². The fourth-order valence-electron chi connectivity index (χ4n) is 3.04. The maximum atomic E-state index is 11.6. The Morgan fingerprint density at radius 2 is 1.13 bits per heavy atom. The van der Waals surface area contributed by atoms with Crippen molar-refractivity contribution in [2.45, 2.75) is 130 Å². The summed E-state index contributed by atoms with van der Waals surface area (Å²) in [6.45, 7) is 6.39. The Morgan fingerprint density at radius 1 is 0.696 bits per heavy atom. The van der Waals surface area contributed by atoms with E-state index in [9.17, 15) is 4.79 Å². The highest BCUT2D eigenvalue weighted by Crippen LogP contribution is 2.13. The van der Waals surface area contributed by atoms with Crippen LogP contribution in [0.15, 0.2) is 0 Å². The average molecular weight is 327 g/mol. The molecule has 0 amide bonds. The van der Waals surface area contributed by atoms with Crippen molar-refractivity contribution in [2.24, 2.45) is 0 Å². The van der Waals surface area contributed by atoms with Crippen molar-refractivity contribution in [1.29, 1.82) is 0 Å². The highest BCUT2D eigenvalue weighted by molar-refractivity contribution is 5.69. The van der Waals surface area contributed by atoms with Gasteiger partial charge in [-0.25, -0.2) is 0 Å². The highest BCUT2D eigenvalue weighted by atomic mass is 16.5. The Bertz CT molecular complexity index is 250. The summed E-state index contributed by atoms with van der Waals surface area (Å²) in [6.07, 6.45) is 20.2.